The van der Waals surface area contributed by atoms with Gasteiger partial charge in [-0.1, -0.05) is 41.7 Å². The Morgan fingerprint density at radius 1 is 1.31 bits per heavy atom. The van der Waals surface area contributed by atoms with E-state index in [-0.39, 0.29) is 5.91 Å². The van der Waals surface area contributed by atoms with Crippen LogP contribution in [0.25, 0.3) is 10.6 Å². The molecule has 0 bridgehead atoms. The average molecular weight is 233 g/mol. The number of benzene rings is 1. The van der Waals surface area contributed by atoms with Crippen LogP contribution in [0.5, 0.6) is 0 Å². The molecular weight excluding hydrogens is 222 g/mol. The third-order valence-corrected chi connectivity index (χ3v) is 2.95. The number of nitrogens with one attached hydrogen (secondary N) is 1. The van der Waals surface area contributed by atoms with Crippen molar-refractivity contribution in [1.29, 1.82) is 0 Å². The van der Waals surface area contributed by atoms with E-state index in [0.29, 0.717) is 11.6 Å². The van der Waals surface area contributed by atoms with Gasteiger partial charge in [-0.2, -0.15) is 0 Å². The number of aromatic nitrogens is 2. The quantitative estimate of drug-likeness (QED) is 0.881. The molecule has 0 unspecified atom stereocenters. The van der Waals surface area contributed by atoms with Crippen molar-refractivity contribution in [3.8, 4) is 10.6 Å². The molecule has 82 valence electrons. The van der Waals surface area contributed by atoms with Crippen LogP contribution in [0, 0.1) is 0 Å². The van der Waals surface area contributed by atoms with Crippen LogP contribution in [0.15, 0.2) is 30.3 Å². The highest BCUT2D eigenvalue weighted by atomic mass is 32.1. The van der Waals surface area contributed by atoms with Crippen LogP contribution < -0.4 is 5.32 Å². The molecule has 5 heteroatoms. The molecule has 0 fully saturated rings. The smallest absolute Gasteiger partial charge is 0.282 e. The van der Waals surface area contributed by atoms with E-state index in [1.165, 1.54) is 11.3 Å². The van der Waals surface area contributed by atoms with E-state index < -0.39 is 0 Å². The summed E-state index contributed by atoms with van der Waals surface area (Å²) >= 11 is 1.30. The largest absolute Gasteiger partial charge is 0.350 e. The first kappa shape index (κ1) is 10.8. The molecule has 0 radical (unpaired) electrons. The van der Waals surface area contributed by atoms with Crippen molar-refractivity contribution in [3.05, 3.63) is 35.3 Å². The van der Waals surface area contributed by atoms with Crippen LogP contribution in [0.2, 0.25) is 0 Å². The van der Waals surface area contributed by atoms with E-state index in [1.807, 2.05) is 37.3 Å². The fraction of sp³-hybridized carbons (Fsp3) is 0.182. The SMILES string of the molecule is CCNC(=O)c1nnc(-c2ccccc2)s1. The molecular formula is C11H11N3OS. The highest BCUT2D eigenvalue weighted by Gasteiger charge is 2.12. The molecule has 1 aromatic carbocycles. The highest BCUT2D eigenvalue weighted by molar-refractivity contribution is 7.16. The third kappa shape index (κ3) is 2.25. The minimum Gasteiger partial charge on any atom is -0.350 e. The zero-order chi connectivity index (χ0) is 11.4. The first-order chi connectivity index (χ1) is 7.81. The zero-order valence-corrected chi connectivity index (χ0v) is 9.62. The third-order valence-electron chi connectivity index (χ3n) is 1.98. The molecule has 1 amide bonds. The fourth-order valence-electron chi connectivity index (χ4n) is 1.25. The van der Waals surface area contributed by atoms with Crippen LogP contribution in [0.3, 0.4) is 0 Å². The summed E-state index contributed by atoms with van der Waals surface area (Å²) in [5.74, 6) is -0.165. The molecule has 0 aliphatic heterocycles. The van der Waals surface area contributed by atoms with Gasteiger partial charge in [0.25, 0.3) is 5.91 Å². The second kappa shape index (κ2) is 4.85. The zero-order valence-electron chi connectivity index (χ0n) is 8.80. The number of nitrogens with zero attached hydrogens (tertiary/aromatic N) is 2. The van der Waals surface area contributed by atoms with Crippen molar-refractivity contribution >= 4 is 17.2 Å². The molecule has 1 aromatic heterocycles. The maximum absolute atomic E-state index is 11.5. The number of rotatable bonds is 3. The fourth-order valence-corrected chi connectivity index (χ4v) is 2.01. The van der Waals surface area contributed by atoms with Crippen molar-refractivity contribution < 1.29 is 4.79 Å². The molecule has 0 atom stereocenters. The molecule has 16 heavy (non-hydrogen) atoms. The van der Waals surface area contributed by atoms with E-state index in [9.17, 15) is 4.79 Å². The summed E-state index contributed by atoms with van der Waals surface area (Å²) in [5, 5.41) is 11.7. The van der Waals surface area contributed by atoms with Crippen molar-refractivity contribution in [2.45, 2.75) is 6.92 Å². The predicted molar refractivity (Wildman–Crippen MR) is 63.4 cm³/mol. The average Bonchev–Trinajstić information content (AvgIpc) is 2.80. The van der Waals surface area contributed by atoms with Gasteiger partial charge in [0.05, 0.1) is 0 Å². The monoisotopic (exact) mass is 233 g/mol. The van der Waals surface area contributed by atoms with Gasteiger partial charge in [0.1, 0.15) is 5.01 Å². The Balaban J connectivity index is 2.23. The van der Waals surface area contributed by atoms with Crippen molar-refractivity contribution in [3.63, 3.8) is 0 Å². The Labute approximate surface area is 97.3 Å². The lowest BCUT2D eigenvalue weighted by Gasteiger charge is -1.94. The maximum atomic E-state index is 11.5. The molecule has 1 N–H and O–H groups in total. The normalized spacial score (nSPS) is 10.1. The summed E-state index contributed by atoms with van der Waals surface area (Å²) < 4.78 is 0. The van der Waals surface area contributed by atoms with Crippen LogP contribution in [-0.2, 0) is 0 Å². The maximum Gasteiger partial charge on any atom is 0.282 e. The topological polar surface area (TPSA) is 54.9 Å². The van der Waals surface area contributed by atoms with Crippen LogP contribution in [0.1, 0.15) is 16.7 Å². The summed E-state index contributed by atoms with van der Waals surface area (Å²) in [6, 6.07) is 9.70. The lowest BCUT2D eigenvalue weighted by molar-refractivity contribution is 0.0954. The summed E-state index contributed by atoms with van der Waals surface area (Å²) in [6.07, 6.45) is 0. The summed E-state index contributed by atoms with van der Waals surface area (Å²) in [4.78, 5) is 11.5. The second-order valence-corrected chi connectivity index (χ2v) is 4.12. The van der Waals surface area contributed by atoms with E-state index in [0.717, 1.165) is 10.6 Å². The molecule has 0 aliphatic carbocycles. The van der Waals surface area contributed by atoms with Gasteiger partial charge in [0, 0.05) is 12.1 Å². The Kier molecular flexibility index (Phi) is 3.26. The Bertz CT molecular complexity index is 481. The number of hydrogen-bond donors (Lipinski definition) is 1. The van der Waals surface area contributed by atoms with Gasteiger partial charge in [0.2, 0.25) is 5.01 Å². The Morgan fingerprint density at radius 3 is 2.75 bits per heavy atom. The molecule has 2 aromatic rings. The number of amides is 1. The van der Waals surface area contributed by atoms with E-state index >= 15 is 0 Å². The molecule has 1 heterocycles. The van der Waals surface area contributed by atoms with E-state index in [2.05, 4.69) is 15.5 Å². The minimum atomic E-state index is -0.165. The van der Waals surface area contributed by atoms with Gasteiger partial charge in [-0.05, 0) is 6.92 Å². The van der Waals surface area contributed by atoms with Crippen molar-refractivity contribution in [1.82, 2.24) is 15.5 Å². The van der Waals surface area contributed by atoms with Crippen LogP contribution >= 0.6 is 11.3 Å². The number of hydrogen-bond acceptors (Lipinski definition) is 4. The van der Waals surface area contributed by atoms with Crippen molar-refractivity contribution in [2.75, 3.05) is 6.54 Å². The van der Waals surface area contributed by atoms with Gasteiger partial charge in [0.15, 0.2) is 0 Å². The van der Waals surface area contributed by atoms with Crippen LogP contribution in [0.4, 0.5) is 0 Å². The summed E-state index contributed by atoms with van der Waals surface area (Å²) in [6.45, 7) is 2.47. The van der Waals surface area contributed by atoms with E-state index in [4.69, 9.17) is 0 Å². The van der Waals surface area contributed by atoms with Gasteiger partial charge in [-0.3, -0.25) is 4.79 Å². The van der Waals surface area contributed by atoms with Gasteiger partial charge in [-0.15, -0.1) is 10.2 Å². The molecule has 4 nitrogen and oxygen atoms in total. The highest BCUT2D eigenvalue weighted by Crippen LogP contribution is 2.22. The lowest BCUT2D eigenvalue weighted by atomic mass is 10.2. The standard InChI is InChI=1S/C11H11N3OS/c1-2-12-9(15)11-14-13-10(16-11)8-6-4-3-5-7-8/h3-7H,2H2,1H3,(H,12,15). The molecule has 2 rings (SSSR count). The molecule has 0 saturated heterocycles. The molecule has 0 saturated carbocycles. The number of carbonyl (C=O) groups is 1. The Hall–Kier alpha value is -1.75. The van der Waals surface area contributed by atoms with Crippen molar-refractivity contribution in [2.24, 2.45) is 0 Å². The Morgan fingerprint density at radius 2 is 2.06 bits per heavy atom. The van der Waals surface area contributed by atoms with E-state index in [1.54, 1.807) is 0 Å². The number of carbonyl (C=O) groups excluding carboxylic acids is 1. The first-order valence-electron chi connectivity index (χ1n) is 4.98. The first-order valence-corrected chi connectivity index (χ1v) is 5.80. The van der Waals surface area contributed by atoms with Gasteiger partial charge >= 0.3 is 0 Å². The second-order valence-electron chi connectivity index (χ2n) is 3.14. The molecule has 0 spiro atoms. The summed E-state index contributed by atoms with van der Waals surface area (Å²) in [5.41, 5.74) is 0.982. The van der Waals surface area contributed by atoms with Gasteiger partial charge < -0.3 is 5.32 Å². The predicted octanol–water partition coefficient (Wildman–Crippen LogP) is 1.95. The minimum absolute atomic E-state index is 0.165. The lowest BCUT2D eigenvalue weighted by Crippen LogP contribution is -2.22. The van der Waals surface area contributed by atoms with Gasteiger partial charge in [-0.25, -0.2) is 0 Å². The van der Waals surface area contributed by atoms with Crippen LogP contribution in [-0.4, -0.2) is 22.6 Å². The summed E-state index contributed by atoms with van der Waals surface area (Å²) in [7, 11) is 0. The molecule has 0 aliphatic rings.